The number of carbonyl (C=O) groups excluding carboxylic acids is 3. The fourth-order valence-corrected chi connectivity index (χ4v) is 1.90. The Kier molecular flexibility index (Phi) is 4.57. The zero-order chi connectivity index (χ0) is 16.1. The molecule has 0 unspecified atom stereocenters. The molecule has 1 aromatic rings. The number of aldehydes is 1. The first-order valence-corrected chi connectivity index (χ1v) is 6.45. The Morgan fingerprint density at radius 1 is 1.18 bits per heavy atom. The van der Waals surface area contributed by atoms with Crippen molar-refractivity contribution in [2.24, 2.45) is 0 Å². The Morgan fingerprint density at radius 3 is 2.55 bits per heavy atom. The molecule has 0 amide bonds. The van der Waals surface area contributed by atoms with Gasteiger partial charge in [0.25, 0.3) is 0 Å². The summed E-state index contributed by atoms with van der Waals surface area (Å²) in [5.41, 5.74) is 6.90. The molecule has 0 heterocycles. The van der Waals surface area contributed by atoms with Crippen LogP contribution < -0.4 is 21.1 Å². The summed E-state index contributed by atoms with van der Waals surface area (Å²) in [5.74, 6) is -0.319. The van der Waals surface area contributed by atoms with Gasteiger partial charge in [0.05, 0.1) is 30.7 Å². The minimum Gasteiger partial charge on any atom is -0.494 e. The van der Waals surface area contributed by atoms with Gasteiger partial charge in [-0.15, -0.1) is 0 Å². The SMILES string of the molecule is COc1cc(N)ccc1NC1=CC(=O)C(NCC=O)=CC1=O. The third-order valence-corrected chi connectivity index (χ3v) is 2.95. The maximum absolute atomic E-state index is 12.0. The number of methoxy groups -OCH3 is 1. The molecule has 0 atom stereocenters. The van der Waals surface area contributed by atoms with Crippen molar-refractivity contribution in [3.8, 4) is 5.75 Å². The van der Waals surface area contributed by atoms with E-state index in [0.717, 1.165) is 6.08 Å². The van der Waals surface area contributed by atoms with Crippen molar-refractivity contribution in [3.05, 3.63) is 41.7 Å². The molecule has 1 aliphatic rings. The second-order valence-electron chi connectivity index (χ2n) is 4.48. The van der Waals surface area contributed by atoms with Gasteiger partial charge in [0, 0.05) is 23.9 Å². The first kappa shape index (κ1) is 15.3. The molecule has 1 aromatic carbocycles. The molecule has 0 saturated heterocycles. The molecule has 0 saturated carbocycles. The van der Waals surface area contributed by atoms with Gasteiger partial charge in [-0.05, 0) is 12.1 Å². The zero-order valence-electron chi connectivity index (χ0n) is 11.9. The van der Waals surface area contributed by atoms with E-state index in [1.807, 2.05) is 0 Å². The smallest absolute Gasteiger partial charge is 0.204 e. The Morgan fingerprint density at radius 2 is 1.86 bits per heavy atom. The molecule has 7 nitrogen and oxygen atoms in total. The van der Waals surface area contributed by atoms with Gasteiger partial charge < -0.3 is 25.9 Å². The highest BCUT2D eigenvalue weighted by atomic mass is 16.5. The first-order valence-electron chi connectivity index (χ1n) is 6.45. The van der Waals surface area contributed by atoms with Crippen LogP contribution >= 0.6 is 0 Å². The van der Waals surface area contributed by atoms with Gasteiger partial charge in [0.1, 0.15) is 12.0 Å². The topological polar surface area (TPSA) is 111 Å². The predicted octanol–water partition coefficient (Wildman–Crippen LogP) is 0.397. The molecule has 22 heavy (non-hydrogen) atoms. The number of rotatable bonds is 6. The number of ketones is 2. The standard InChI is InChI=1S/C15H15N3O4/c1-22-15-6-9(16)2-3-10(15)18-12-8-13(20)11(7-14(12)21)17-4-5-19/h2-3,5-8,17-18H,4,16H2,1H3. The number of nitrogens with two attached hydrogens (primary N) is 1. The van der Waals surface area contributed by atoms with Crippen LogP contribution in [0.15, 0.2) is 41.7 Å². The molecule has 114 valence electrons. The highest BCUT2D eigenvalue weighted by Crippen LogP contribution is 2.28. The number of hydrogen-bond acceptors (Lipinski definition) is 7. The Bertz CT molecular complexity index is 692. The van der Waals surface area contributed by atoms with Crippen molar-refractivity contribution in [1.29, 1.82) is 0 Å². The second-order valence-corrected chi connectivity index (χ2v) is 4.48. The normalized spacial score (nSPS) is 14.0. The van der Waals surface area contributed by atoms with E-state index in [-0.39, 0.29) is 23.7 Å². The number of benzene rings is 1. The van der Waals surface area contributed by atoms with Crippen molar-refractivity contribution >= 4 is 29.2 Å². The summed E-state index contributed by atoms with van der Waals surface area (Å²) in [7, 11) is 1.48. The lowest BCUT2D eigenvalue weighted by molar-refractivity contribution is -0.115. The minimum atomic E-state index is -0.390. The highest BCUT2D eigenvalue weighted by Gasteiger charge is 2.21. The number of nitrogens with one attached hydrogen (secondary N) is 2. The van der Waals surface area contributed by atoms with Crippen molar-refractivity contribution in [3.63, 3.8) is 0 Å². The summed E-state index contributed by atoms with van der Waals surface area (Å²) < 4.78 is 5.17. The molecule has 0 aliphatic heterocycles. The van der Waals surface area contributed by atoms with Gasteiger partial charge in [0.2, 0.25) is 11.6 Å². The summed E-state index contributed by atoms with van der Waals surface area (Å²) in [6.07, 6.45) is 2.93. The number of ether oxygens (including phenoxy) is 1. The molecule has 0 spiro atoms. The lowest BCUT2D eigenvalue weighted by Gasteiger charge is -2.16. The fraction of sp³-hybridized carbons (Fsp3) is 0.133. The molecule has 4 N–H and O–H groups in total. The van der Waals surface area contributed by atoms with E-state index in [1.165, 1.54) is 13.2 Å². The lowest BCUT2D eigenvalue weighted by Crippen LogP contribution is -2.27. The van der Waals surface area contributed by atoms with Crippen LogP contribution in [0.25, 0.3) is 0 Å². The summed E-state index contributed by atoms with van der Waals surface area (Å²) in [6.45, 7) is -0.0345. The van der Waals surface area contributed by atoms with Gasteiger partial charge in [-0.1, -0.05) is 0 Å². The van der Waals surface area contributed by atoms with Crippen LogP contribution in [-0.2, 0) is 14.4 Å². The van der Waals surface area contributed by atoms with E-state index in [4.69, 9.17) is 10.5 Å². The Hall–Kier alpha value is -3.09. The summed E-state index contributed by atoms with van der Waals surface area (Å²) >= 11 is 0. The van der Waals surface area contributed by atoms with Crippen molar-refractivity contribution in [1.82, 2.24) is 5.32 Å². The molecule has 7 heteroatoms. The summed E-state index contributed by atoms with van der Waals surface area (Å²) in [6, 6.07) is 4.90. The molecule has 1 aliphatic carbocycles. The number of nitrogen functional groups attached to an aromatic ring is 1. The first-order chi connectivity index (χ1) is 10.5. The Labute approximate surface area is 126 Å². The molecule has 0 radical (unpaired) electrons. The van der Waals surface area contributed by atoms with Crippen LogP contribution in [0.4, 0.5) is 11.4 Å². The van der Waals surface area contributed by atoms with Gasteiger partial charge >= 0.3 is 0 Å². The number of anilines is 2. The van der Waals surface area contributed by atoms with Crippen LogP contribution in [0, 0.1) is 0 Å². The van der Waals surface area contributed by atoms with E-state index in [0.29, 0.717) is 23.4 Å². The van der Waals surface area contributed by atoms with Crippen LogP contribution in [-0.4, -0.2) is 31.5 Å². The maximum atomic E-state index is 12.0. The largest absolute Gasteiger partial charge is 0.494 e. The third kappa shape index (κ3) is 3.32. The van der Waals surface area contributed by atoms with Crippen LogP contribution in [0.3, 0.4) is 0 Å². The summed E-state index contributed by atoms with van der Waals surface area (Å²) in [4.78, 5) is 34.2. The van der Waals surface area contributed by atoms with Gasteiger partial charge in [-0.25, -0.2) is 0 Å². The van der Waals surface area contributed by atoms with Crippen LogP contribution in [0.5, 0.6) is 5.75 Å². The van der Waals surface area contributed by atoms with Crippen molar-refractivity contribution in [2.75, 3.05) is 24.7 Å². The van der Waals surface area contributed by atoms with E-state index >= 15 is 0 Å². The maximum Gasteiger partial charge on any atom is 0.204 e. The minimum absolute atomic E-state index is 0.0345. The quantitative estimate of drug-likeness (QED) is 0.396. The Balaban J connectivity index is 2.20. The molecule has 2 rings (SSSR count). The second kappa shape index (κ2) is 6.57. The number of hydrogen-bond donors (Lipinski definition) is 3. The van der Waals surface area contributed by atoms with E-state index in [2.05, 4.69) is 10.6 Å². The van der Waals surface area contributed by atoms with Crippen LogP contribution in [0.1, 0.15) is 0 Å². The molecule has 0 fully saturated rings. The average molecular weight is 301 g/mol. The predicted molar refractivity (Wildman–Crippen MR) is 81.3 cm³/mol. The molecular weight excluding hydrogens is 286 g/mol. The van der Waals surface area contributed by atoms with Gasteiger partial charge in [-0.3, -0.25) is 9.59 Å². The van der Waals surface area contributed by atoms with E-state index < -0.39 is 5.78 Å². The third-order valence-electron chi connectivity index (χ3n) is 2.95. The van der Waals surface area contributed by atoms with Crippen molar-refractivity contribution in [2.45, 2.75) is 0 Å². The fourth-order valence-electron chi connectivity index (χ4n) is 1.90. The van der Waals surface area contributed by atoms with Gasteiger partial charge in [0.15, 0.2) is 0 Å². The van der Waals surface area contributed by atoms with Gasteiger partial charge in [-0.2, -0.15) is 0 Å². The number of allylic oxidation sites excluding steroid dienone is 2. The molecule has 0 bridgehead atoms. The van der Waals surface area contributed by atoms with Crippen molar-refractivity contribution < 1.29 is 19.1 Å². The summed E-state index contributed by atoms with van der Waals surface area (Å²) in [5, 5.41) is 5.43. The molecule has 0 aromatic heterocycles. The van der Waals surface area contributed by atoms with E-state index in [9.17, 15) is 14.4 Å². The zero-order valence-corrected chi connectivity index (χ0v) is 11.9. The number of carbonyl (C=O) groups is 3. The van der Waals surface area contributed by atoms with Crippen LogP contribution in [0.2, 0.25) is 0 Å². The lowest BCUT2D eigenvalue weighted by atomic mass is 10.1. The van der Waals surface area contributed by atoms with E-state index in [1.54, 1.807) is 18.2 Å². The molecular formula is C15H15N3O4. The highest BCUT2D eigenvalue weighted by molar-refractivity contribution is 6.20. The monoisotopic (exact) mass is 301 g/mol. The average Bonchev–Trinajstić information content (AvgIpc) is 2.50.